The van der Waals surface area contributed by atoms with E-state index in [1.54, 1.807) is 42.5 Å². The van der Waals surface area contributed by atoms with Crippen molar-refractivity contribution in [3.8, 4) is 5.75 Å². The van der Waals surface area contributed by atoms with Crippen LogP contribution < -0.4 is 15.4 Å². The Balaban J connectivity index is 2.16. The second-order valence-corrected chi connectivity index (χ2v) is 5.64. The van der Waals surface area contributed by atoms with Gasteiger partial charge in [-0.05, 0) is 29.8 Å². The Kier molecular flexibility index (Phi) is 6.32. The maximum atomic E-state index is 12.4. The monoisotopic (exact) mass is 356 g/mol. The normalized spacial score (nSPS) is 11.3. The molecule has 2 aromatic rings. The summed E-state index contributed by atoms with van der Waals surface area (Å²) in [6.45, 7) is 1.36. The molecule has 7 nitrogen and oxygen atoms in total. The molecule has 0 unspecified atom stereocenters. The zero-order valence-electron chi connectivity index (χ0n) is 14.5. The minimum absolute atomic E-state index is 0.0798. The number of para-hydroxylation sites is 1. The molecule has 0 aliphatic carbocycles. The standard InChI is InChI=1S/C19H20N2O5/c1-12(22)20-15-8-5-7-14(10-15)18(23)21-16(19(24)25)11-13-6-3-4-9-17(13)26-2/h3-10,16H,11H2,1-2H3,(H,20,22)(H,21,23)(H,24,25)/t16-/m1/s1. The van der Waals surface area contributed by atoms with Crippen molar-refractivity contribution in [2.45, 2.75) is 19.4 Å². The van der Waals surface area contributed by atoms with Gasteiger partial charge in [0.15, 0.2) is 0 Å². The van der Waals surface area contributed by atoms with E-state index in [9.17, 15) is 19.5 Å². The van der Waals surface area contributed by atoms with Gasteiger partial charge in [0.2, 0.25) is 5.91 Å². The summed E-state index contributed by atoms with van der Waals surface area (Å²) in [5.41, 5.74) is 1.39. The number of carbonyl (C=O) groups is 3. The topological polar surface area (TPSA) is 105 Å². The number of methoxy groups -OCH3 is 1. The van der Waals surface area contributed by atoms with E-state index >= 15 is 0 Å². The second-order valence-electron chi connectivity index (χ2n) is 5.64. The summed E-state index contributed by atoms with van der Waals surface area (Å²) in [6.07, 6.45) is 0.0798. The largest absolute Gasteiger partial charge is 0.496 e. The zero-order valence-corrected chi connectivity index (χ0v) is 14.5. The van der Waals surface area contributed by atoms with Crippen LogP contribution in [0.25, 0.3) is 0 Å². The average Bonchev–Trinajstić information content (AvgIpc) is 2.61. The fraction of sp³-hybridized carbons (Fsp3) is 0.211. The van der Waals surface area contributed by atoms with Gasteiger partial charge in [-0.25, -0.2) is 4.79 Å². The number of aliphatic carboxylic acids is 1. The molecule has 3 N–H and O–H groups in total. The number of carboxylic acids is 1. The van der Waals surface area contributed by atoms with Crippen LogP contribution in [-0.4, -0.2) is 36.0 Å². The van der Waals surface area contributed by atoms with E-state index < -0.39 is 17.9 Å². The molecule has 0 saturated carbocycles. The molecule has 26 heavy (non-hydrogen) atoms. The van der Waals surface area contributed by atoms with Gasteiger partial charge in [0.25, 0.3) is 5.91 Å². The average molecular weight is 356 g/mol. The van der Waals surface area contributed by atoms with Crippen LogP contribution in [-0.2, 0) is 16.0 Å². The molecule has 0 fully saturated rings. The highest BCUT2D eigenvalue weighted by atomic mass is 16.5. The first kappa shape index (κ1) is 19.0. The number of hydrogen-bond acceptors (Lipinski definition) is 4. The molecule has 0 saturated heterocycles. The molecule has 0 spiro atoms. The van der Waals surface area contributed by atoms with Gasteiger partial charge in [0, 0.05) is 24.6 Å². The highest BCUT2D eigenvalue weighted by molar-refractivity contribution is 5.98. The SMILES string of the molecule is COc1ccccc1C[C@@H](NC(=O)c1cccc(NC(C)=O)c1)C(=O)O. The number of hydrogen-bond donors (Lipinski definition) is 3. The van der Waals surface area contributed by atoms with Crippen LogP contribution in [0.1, 0.15) is 22.8 Å². The lowest BCUT2D eigenvalue weighted by molar-refractivity contribution is -0.139. The minimum Gasteiger partial charge on any atom is -0.496 e. The van der Waals surface area contributed by atoms with Crippen molar-refractivity contribution in [1.82, 2.24) is 5.32 Å². The van der Waals surface area contributed by atoms with E-state index in [-0.39, 0.29) is 17.9 Å². The minimum atomic E-state index is -1.15. The molecule has 0 radical (unpaired) electrons. The third-order valence-corrected chi connectivity index (χ3v) is 3.67. The highest BCUT2D eigenvalue weighted by Gasteiger charge is 2.22. The summed E-state index contributed by atoms with van der Waals surface area (Å²) in [6, 6.07) is 12.2. The maximum absolute atomic E-state index is 12.4. The molecule has 7 heteroatoms. The van der Waals surface area contributed by atoms with Crippen molar-refractivity contribution in [2.75, 3.05) is 12.4 Å². The lowest BCUT2D eigenvalue weighted by Crippen LogP contribution is -2.42. The molecule has 0 aliphatic rings. The highest BCUT2D eigenvalue weighted by Crippen LogP contribution is 2.19. The van der Waals surface area contributed by atoms with Crippen LogP contribution in [0.3, 0.4) is 0 Å². The van der Waals surface area contributed by atoms with Crippen LogP contribution in [0.15, 0.2) is 48.5 Å². The molecule has 0 aliphatic heterocycles. The van der Waals surface area contributed by atoms with E-state index in [0.717, 1.165) is 0 Å². The lowest BCUT2D eigenvalue weighted by atomic mass is 10.0. The first-order valence-electron chi connectivity index (χ1n) is 7.94. The molecular weight excluding hydrogens is 336 g/mol. The number of ether oxygens (including phenoxy) is 1. The van der Waals surface area contributed by atoms with Gasteiger partial charge >= 0.3 is 5.97 Å². The number of nitrogens with one attached hydrogen (secondary N) is 2. The van der Waals surface area contributed by atoms with Gasteiger partial charge in [-0.1, -0.05) is 24.3 Å². The summed E-state index contributed by atoms with van der Waals surface area (Å²) in [4.78, 5) is 35.1. The Bertz CT molecular complexity index is 819. The van der Waals surface area contributed by atoms with Crippen molar-refractivity contribution >= 4 is 23.5 Å². The Labute approximate surface area is 151 Å². The number of benzene rings is 2. The van der Waals surface area contributed by atoms with Gasteiger partial charge in [-0.2, -0.15) is 0 Å². The van der Waals surface area contributed by atoms with Crippen LogP contribution in [0, 0.1) is 0 Å². The van der Waals surface area contributed by atoms with Gasteiger partial charge in [0.1, 0.15) is 11.8 Å². The van der Waals surface area contributed by atoms with Gasteiger partial charge in [0.05, 0.1) is 7.11 Å². The molecule has 1 atom stereocenters. The first-order valence-corrected chi connectivity index (χ1v) is 7.94. The van der Waals surface area contributed by atoms with Crippen molar-refractivity contribution < 1.29 is 24.2 Å². The Hall–Kier alpha value is -3.35. The quantitative estimate of drug-likeness (QED) is 0.704. The van der Waals surface area contributed by atoms with Crippen LogP contribution >= 0.6 is 0 Å². The lowest BCUT2D eigenvalue weighted by Gasteiger charge is -2.16. The Morgan fingerprint density at radius 2 is 1.85 bits per heavy atom. The smallest absolute Gasteiger partial charge is 0.326 e. The summed E-state index contributed by atoms with van der Waals surface area (Å²) < 4.78 is 5.22. The molecule has 2 rings (SSSR count). The molecule has 0 heterocycles. The predicted molar refractivity (Wildman–Crippen MR) is 96.3 cm³/mol. The molecule has 0 aromatic heterocycles. The molecule has 2 aromatic carbocycles. The summed E-state index contributed by atoms with van der Waals surface area (Å²) in [5, 5.41) is 14.5. The van der Waals surface area contributed by atoms with E-state index in [0.29, 0.717) is 17.0 Å². The zero-order chi connectivity index (χ0) is 19.1. The van der Waals surface area contributed by atoms with Gasteiger partial charge < -0.3 is 20.5 Å². The van der Waals surface area contributed by atoms with Crippen LogP contribution in [0.4, 0.5) is 5.69 Å². The van der Waals surface area contributed by atoms with E-state index in [1.807, 2.05) is 0 Å². The maximum Gasteiger partial charge on any atom is 0.326 e. The van der Waals surface area contributed by atoms with Gasteiger partial charge in [-0.3, -0.25) is 9.59 Å². The van der Waals surface area contributed by atoms with Gasteiger partial charge in [-0.15, -0.1) is 0 Å². The third-order valence-electron chi connectivity index (χ3n) is 3.67. The predicted octanol–water partition coefficient (Wildman–Crippen LogP) is 2.08. The number of carboxylic acid groups (broad SMARTS) is 1. The number of amides is 2. The summed E-state index contributed by atoms with van der Waals surface area (Å²) >= 11 is 0. The van der Waals surface area contributed by atoms with Crippen LogP contribution in [0.5, 0.6) is 5.75 Å². The van der Waals surface area contributed by atoms with Crippen LogP contribution in [0.2, 0.25) is 0 Å². The molecule has 2 amide bonds. The summed E-state index contributed by atoms with van der Waals surface area (Å²) in [7, 11) is 1.50. The first-order chi connectivity index (χ1) is 12.4. The molecular formula is C19H20N2O5. The second kappa shape index (κ2) is 8.66. The molecule has 0 bridgehead atoms. The molecule has 136 valence electrons. The summed E-state index contributed by atoms with van der Waals surface area (Å²) in [5.74, 6) is -1.40. The van der Waals surface area contributed by atoms with Crippen molar-refractivity contribution in [1.29, 1.82) is 0 Å². The van der Waals surface area contributed by atoms with Crippen molar-refractivity contribution in [2.24, 2.45) is 0 Å². The fourth-order valence-corrected chi connectivity index (χ4v) is 2.47. The Morgan fingerprint density at radius 1 is 1.12 bits per heavy atom. The fourth-order valence-electron chi connectivity index (χ4n) is 2.47. The van der Waals surface area contributed by atoms with Crippen molar-refractivity contribution in [3.05, 3.63) is 59.7 Å². The van der Waals surface area contributed by atoms with E-state index in [2.05, 4.69) is 10.6 Å². The Morgan fingerprint density at radius 3 is 2.50 bits per heavy atom. The number of anilines is 1. The third kappa shape index (κ3) is 5.07. The van der Waals surface area contributed by atoms with E-state index in [1.165, 1.54) is 20.1 Å². The van der Waals surface area contributed by atoms with E-state index in [4.69, 9.17) is 4.74 Å². The van der Waals surface area contributed by atoms with Crippen molar-refractivity contribution in [3.63, 3.8) is 0 Å². The number of rotatable bonds is 7. The number of carbonyl (C=O) groups excluding carboxylic acids is 2.